The molecule has 2 N–H and O–H groups in total. The molecule has 0 aromatic carbocycles. The molecule has 5 heteroatoms. The molecule has 0 saturated carbocycles. The third kappa shape index (κ3) is 13.7. The highest BCUT2D eigenvalue weighted by atomic mass is 16.5. The quantitative estimate of drug-likeness (QED) is 0.463. The van der Waals surface area contributed by atoms with Crippen molar-refractivity contribution >= 4 is 0 Å². The van der Waals surface area contributed by atoms with Crippen molar-refractivity contribution in [3.05, 3.63) is 0 Å². The monoisotopic (exact) mass is 249 g/mol. The van der Waals surface area contributed by atoms with Gasteiger partial charge < -0.3 is 24.6 Å². The summed E-state index contributed by atoms with van der Waals surface area (Å²) in [4.78, 5) is 0. The highest BCUT2D eigenvalue weighted by Crippen LogP contribution is 1.88. The first-order chi connectivity index (χ1) is 8.31. The van der Waals surface area contributed by atoms with Crippen LogP contribution in [0, 0.1) is 0 Å². The SMILES string of the molecule is CCOCCOCC(O)CNCCCCOC. The molecule has 104 valence electrons. The summed E-state index contributed by atoms with van der Waals surface area (Å²) in [7, 11) is 1.71. The van der Waals surface area contributed by atoms with E-state index in [4.69, 9.17) is 14.2 Å². The Labute approximate surface area is 104 Å². The average molecular weight is 249 g/mol. The van der Waals surface area contributed by atoms with Crippen LogP contribution in [0.5, 0.6) is 0 Å². The summed E-state index contributed by atoms with van der Waals surface area (Å²) in [6.07, 6.45) is 1.66. The summed E-state index contributed by atoms with van der Waals surface area (Å²) in [5, 5.41) is 12.7. The Hall–Kier alpha value is -0.200. The highest BCUT2D eigenvalue weighted by Gasteiger charge is 2.02. The summed E-state index contributed by atoms with van der Waals surface area (Å²) in [6, 6.07) is 0. The van der Waals surface area contributed by atoms with Gasteiger partial charge in [-0.2, -0.15) is 0 Å². The number of unbranched alkanes of at least 4 members (excludes halogenated alkanes) is 1. The van der Waals surface area contributed by atoms with Crippen LogP contribution >= 0.6 is 0 Å². The largest absolute Gasteiger partial charge is 0.389 e. The average Bonchev–Trinajstić information content (AvgIpc) is 2.33. The lowest BCUT2D eigenvalue weighted by Gasteiger charge is -2.12. The van der Waals surface area contributed by atoms with Crippen LogP contribution in [0.4, 0.5) is 0 Å². The number of aliphatic hydroxyl groups is 1. The topological polar surface area (TPSA) is 60.0 Å². The Morgan fingerprint density at radius 1 is 1.12 bits per heavy atom. The number of methoxy groups -OCH3 is 1. The van der Waals surface area contributed by atoms with Gasteiger partial charge in [0.15, 0.2) is 0 Å². The zero-order valence-electron chi connectivity index (χ0n) is 11.1. The van der Waals surface area contributed by atoms with Gasteiger partial charge in [-0.25, -0.2) is 0 Å². The predicted molar refractivity (Wildman–Crippen MR) is 67.3 cm³/mol. The zero-order chi connectivity index (χ0) is 12.8. The number of aliphatic hydroxyl groups excluding tert-OH is 1. The third-order valence-corrected chi connectivity index (χ3v) is 2.22. The number of hydrogen-bond donors (Lipinski definition) is 2. The lowest BCUT2D eigenvalue weighted by molar-refractivity contribution is 0.00653. The van der Waals surface area contributed by atoms with Gasteiger partial charge in [0.1, 0.15) is 0 Å². The van der Waals surface area contributed by atoms with Crippen molar-refractivity contribution < 1.29 is 19.3 Å². The number of rotatable bonds is 13. The number of ether oxygens (including phenoxy) is 3. The molecule has 1 atom stereocenters. The minimum Gasteiger partial charge on any atom is -0.389 e. The molecule has 0 saturated heterocycles. The van der Waals surface area contributed by atoms with E-state index in [0.29, 0.717) is 33.0 Å². The van der Waals surface area contributed by atoms with Crippen molar-refractivity contribution in [2.24, 2.45) is 0 Å². The van der Waals surface area contributed by atoms with Gasteiger partial charge in [-0.05, 0) is 26.3 Å². The maximum Gasteiger partial charge on any atom is 0.0897 e. The molecule has 1 unspecified atom stereocenters. The number of hydrogen-bond acceptors (Lipinski definition) is 5. The first-order valence-electron chi connectivity index (χ1n) is 6.34. The van der Waals surface area contributed by atoms with Crippen LogP contribution in [0.15, 0.2) is 0 Å². The van der Waals surface area contributed by atoms with E-state index < -0.39 is 6.10 Å². The molecule has 0 rings (SSSR count). The minimum atomic E-state index is -0.445. The van der Waals surface area contributed by atoms with Gasteiger partial charge in [-0.15, -0.1) is 0 Å². The molecule has 0 bridgehead atoms. The van der Waals surface area contributed by atoms with Gasteiger partial charge in [0.05, 0.1) is 25.9 Å². The van der Waals surface area contributed by atoms with Crippen LogP contribution in [0.25, 0.3) is 0 Å². The van der Waals surface area contributed by atoms with E-state index in [0.717, 1.165) is 26.0 Å². The summed E-state index contributed by atoms with van der Waals surface area (Å²) in [5.74, 6) is 0. The van der Waals surface area contributed by atoms with Gasteiger partial charge in [0.2, 0.25) is 0 Å². The van der Waals surface area contributed by atoms with Crippen LogP contribution in [0.2, 0.25) is 0 Å². The first-order valence-corrected chi connectivity index (χ1v) is 6.34. The van der Waals surface area contributed by atoms with Crippen molar-refractivity contribution in [1.82, 2.24) is 5.32 Å². The molecule has 0 fully saturated rings. The molecule has 0 amide bonds. The van der Waals surface area contributed by atoms with Crippen LogP contribution in [0.3, 0.4) is 0 Å². The Balaban J connectivity index is 3.09. The minimum absolute atomic E-state index is 0.359. The van der Waals surface area contributed by atoms with E-state index in [-0.39, 0.29) is 0 Å². The Kier molecular flexibility index (Phi) is 13.7. The molecule has 5 nitrogen and oxygen atoms in total. The van der Waals surface area contributed by atoms with Crippen molar-refractivity contribution in [3.63, 3.8) is 0 Å². The number of nitrogens with one attached hydrogen (secondary N) is 1. The van der Waals surface area contributed by atoms with Crippen LogP contribution in [-0.4, -0.2) is 64.4 Å². The molecule has 0 aliphatic rings. The fourth-order valence-corrected chi connectivity index (χ4v) is 1.31. The van der Waals surface area contributed by atoms with E-state index >= 15 is 0 Å². The van der Waals surface area contributed by atoms with Gasteiger partial charge in [-0.1, -0.05) is 0 Å². The molecular formula is C12H27NO4. The molecule has 0 radical (unpaired) electrons. The van der Waals surface area contributed by atoms with Gasteiger partial charge in [0.25, 0.3) is 0 Å². The molecule has 0 aromatic heterocycles. The van der Waals surface area contributed by atoms with Crippen molar-refractivity contribution in [1.29, 1.82) is 0 Å². The third-order valence-electron chi connectivity index (χ3n) is 2.22. The maximum absolute atomic E-state index is 9.56. The summed E-state index contributed by atoms with van der Waals surface area (Å²) in [5.41, 5.74) is 0. The Morgan fingerprint density at radius 2 is 1.88 bits per heavy atom. The van der Waals surface area contributed by atoms with Crippen molar-refractivity contribution in [3.8, 4) is 0 Å². The normalized spacial score (nSPS) is 12.9. The molecule has 0 spiro atoms. The second kappa shape index (κ2) is 13.9. The molecule has 0 aliphatic heterocycles. The van der Waals surface area contributed by atoms with E-state index in [1.165, 1.54) is 0 Å². The van der Waals surface area contributed by atoms with Crippen LogP contribution in [0.1, 0.15) is 19.8 Å². The summed E-state index contributed by atoms with van der Waals surface area (Å²) < 4.78 is 15.3. The Morgan fingerprint density at radius 3 is 2.59 bits per heavy atom. The summed E-state index contributed by atoms with van der Waals surface area (Å²) in [6.45, 7) is 6.41. The van der Waals surface area contributed by atoms with Crippen LogP contribution in [-0.2, 0) is 14.2 Å². The fourth-order valence-electron chi connectivity index (χ4n) is 1.31. The smallest absolute Gasteiger partial charge is 0.0897 e. The lowest BCUT2D eigenvalue weighted by atomic mass is 10.3. The molecule has 0 aliphatic carbocycles. The zero-order valence-corrected chi connectivity index (χ0v) is 11.1. The van der Waals surface area contributed by atoms with Crippen LogP contribution < -0.4 is 5.32 Å². The highest BCUT2D eigenvalue weighted by molar-refractivity contribution is 4.58. The molecule has 17 heavy (non-hydrogen) atoms. The fraction of sp³-hybridized carbons (Fsp3) is 1.00. The van der Waals surface area contributed by atoms with E-state index in [2.05, 4.69) is 5.32 Å². The van der Waals surface area contributed by atoms with E-state index in [9.17, 15) is 5.11 Å². The van der Waals surface area contributed by atoms with E-state index in [1.807, 2.05) is 6.92 Å². The van der Waals surface area contributed by atoms with Crippen molar-refractivity contribution in [2.45, 2.75) is 25.9 Å². The molecular weight excluding hydrogens is 222 g/mol. The Bertz CT molecular complexity index is 146. The van der Waals surface area contributed by atoms with Crippen molar-refractivity contribution in [2.75, 3.05) is 53.2 Å². The molecule has 0 aromatic rings. The lowest BCUT2D eigenvalue weighted by Crippen LogP contribution is -2.31. The standard InChI is InChI=1S/C12H27NO4/c1-3-16-8-9-17-11-12(14)10-13-6-4-5-7-15-2/h12-14H,3-11H2,1-2H3. The van der Waals surface area contributed by atoms with Gasteiger partial charge in [-0.3, -0.25) is 0 Å². The second-order valence-corrected chi connectivity index (χ2v) is 3.83. The molecule has 0 heterocycles. The first kappa shape index (κ1) is 16.8. The van der Waals surface area contributed by atoms with Gasteiger partial charge in [0, 0.05) is 26.9 Å². The second-order valence-electron chi connectivity index (χ2n) is 3.83. The predicted octanol–water partition coefficient (Wildman–Crippen LogP) is 0.417. The van der Waals surface area contributed by atoms with E-state index in [1.54, 1.807) is 7.11 Å². The summed E-state index contributed by atoms with van der Waals surface area (Å²) >= 11 is 0. The maximum atomic E-state index is 9.56. The van der Waals surface area contributed by atoms with Gasteiger partial charge >= 0.3 is 0 Å².